The van der Waals surface area contributed by atoms with Gasteiger partial charge in [0.25, 0.3) is 5.89 Å². The number of pyridine rings is 1. The Kier molecular flexibility index (Phi) is 4.26. The van der Waals surface area contributed by atoms with Gasteiger partial charge in [-0.1, -0.05) is 31.8 Å². The Labute approximate surface area is 154 Å². The quantitative estimate of drug-likeness (QED) is 0.822. The third-order valence-electron chi connectivity index (χ3n) is 5.33. The molecule has 6 heteroatoms. The van der Waals surface area contributed by atoms with Crippen molar-refractivity contribution in [3.63, 3.8) is 0 Å². The van der Waals surface area contributed by atoms with Crippen molar-refractivity contribution in [1.82, 2.24) is 15.1 Å². The van der Waals surface area contributed by atoms with Crippen molar-refractivity contribution in [3.8, 4) is 11.5 Å². The monoisotopic (exact) mass is 356 g/mol. The van der Waals surface area contributed by atoms with Crippen molar-refractivity contribution in [1.29, 1.82) is 0 Å². The lowest BCUT2D eigenvalue weighted by Gasteiger charge is -2.49. The summed E-state index contributed by atoms with van der Waals surface area (Å²) in [5, 5.41) is 4.08. The lowest BCUT2D eigenvalue weighted by molar-refractivity contribution is -0.148. The number of aromatic nitrogens is 3. The molecule has 6 nitrogen and oxygen atoms in total. The van der Waals surface area contributed by atoms with Gasteiger partial charge in [-0.25, -0.2) is 4.98 Å². The summed E-state index contributed by atoms with van der Waals surface area (Å²) in [5.74, 6) is 2.49. The van der Waals surface area contributed by atoms with E-state index in [1.807, 2.05) is 12.3 Å². The normalized spacial score (nSPS) is 21.7. The van der Waals surface area contributed by atoms with E-state index in [0.29, 0.717) is 5.89 Å². The molecule has 26 heavy (non-hydrogen) atoms. The molecular weight excluding hydrogens is 328 g/mol. The number of ether oxygens (including phenoxy) is 1. The highest BCUT2D eigenvalue weighted by molar-refractivity contribution is 5.59. The van der Waals surface area contributed by atoms with Crippen molar-refractivity contribution < 1.29 is 9.26 Å². The molecule has 0 radical (unpaired) electrons. The average Bonchev–Trinajstić information content (AvgIpc) is 3.23. The predicted molar refractivity (Wildman–Crippen MR) is 100 cm³/mol. The summed E-state index contributed by atoms with van der Waals surface area (Å²) in [6.45, 7) is 10.2. The third-order valence-corrected chi connectivity index (χ3v) is 5.33. The molecule has 2 aliphatic rings. The highest BCUT2D eigenvalue weighted by atomic mass is 16.5. The van der Waals surface area contributed by atoms with Gasteiger partial charge in [0.05, 0.1) is 11.2 Å². The Morgan fingerprint density at radius 1 is 1.15 bits per heavy atom. The number of anilines is 1. The van der Waals surface area contributed by atoms with E-state index in [1.54, 1.807) is 0 Å². The SMILES string of the molecule is CC(C)c1noc(-c2ccnc(N3CC(C)(C)OC4(CCCC4)C3)c2)n1. The number of hydrogen-bond donors (Lipinski definition) is 0. The zero-order chi connectivity index (χ0) is 18.4. The van der Waals surface area contributed by atoms with Crippen LogP contribution in [0.1, 0.15) is 65.1 Å². The maximum atomic E-state index is 6.51. The summed E-state index contributed by atoms with van der Waals surface area (Å²) in [4.78, 5) is 11.5. The molecule has 0 unspecified atom stereocenters. The first kappa shape index (κ1) is 17.5. The zero-order valence-corrected chi connectivity index (χ0v) is 16.2. The molecule has 0 N–H and O–H groups in total. The minimum absolute atomic E-state index is 0.0330. The molecular formula is C20H28N4O2. The molecule has 1 aliphatic carbocycles. The largest absolute Gasteiger partial charge is 0.365 e. The summed E-state index contributed by atoms with van der Waals surface area (Å²) >= 11 is 0. The van der Waals surface area contributed by atoms with Gasteiger partial charge in [-0.15, -0.1) is 0 Å². The molecule has 140 valence electrons. The van der Waals surface area contributed by atoms with Crippen LogP contribution in [0.25, 0.3) is 11.5 Å². The van der Waals surface area contributed by atoms with Gasteiger partial charge in [-0.05, 0) is 38.8 Å². The highest BCUT2D eigenvalue weighted by Crippen LogP contribution is 2.41. The molecule has 2 aromatic rings. The number of morpholine rings is 1. The molecule has 1 spiro atoms. The van der Waals surface area contributed by atoms with Crippen LogP contribution in [-0.4, -0.2) is 39.4 Å². The Bertz CT molecular complexity index is 778. The summed E-state index contributed by atoms with van der Waals surface area (Å²) < 4.78 is 12.0. The standard InChI is InChI=1S/C20H28N4O2/c1-14(2)17-22-18(25-23-17)15-7-10-21-16(11-15)24-12-19(3,4)26-20(13-24)8-5-6-9-20/h7,10-11,14H,5-6,8-9,12-13H2,1-4H3. The van der Waals surface area contributed by atoms with Gasteiger partial charge in [-0.3, -0.25) is 0 Å². The average molecular weight is 356 g/mol. The van der Waals surface area contributed by atoms with E-state index in [4.69, 9.17) is 9.26 Å². The minimum atomic E-state index is -0.185. The van der Waals surface area contributed by atoms with Gasteiger partial charge in [0.15, 0.2) is 5.82 Å². The second-order valence-electron chi connectivity index (χ2n) is 8.62. The highest BCUT2D eigenvalue weighted by Gasteiger charge is 2.46. The maximum Gasteiger partial charge on any atom is 0.258 e. The van der Waals surface area contributed by atoms with Crippen molar-refractivity contribution in [3.05, 3.63) is 24.2 Å². The first-order valence-electron chi connectivity index (χ1n) is 9.61. The van der Waals surface area contributed by atoms with E-state index < -0.39 is 0 Å². The van der Waals surface area contributed by atoms with Crippen LogP contribution in [0.3, 0.4) is 0 Å². The third kappa shape index (κ3) is 3.34. The van der Waals surface area contributed by atoms with E-state index in [9.17, 15) is 0 Å². The first-order chi connectivity index (χ1) is 12.4. The van der Waals surface area contributed by atoms with E-state index in [0.717, 1.165) is 43.1 Å². The molecule has 3 heterocycles. The Balaban J connectivity index is 1.63. The Hall–Kier alpha value is -1.95. The molecule has 1 saturated carbocycles. The minimum Gasteiger partial charge on any atom is -0.365 e. The van der Waals surface area contributed by atoms with Crippen molar-refractivity contribution in [2.45, 2.75) is 70.5 Å². The molecule has 4 rings (SSSR count). The summed E-state index contributed by atoms with van der Waals surface area (Å²) in [6, 6.07) is 3.99. The van der Waals surface area contributed by atoms with Crippen molar-refractivity contribution >= 4 is 5.82 Å². The number of rotatable bonds is 3. The van der Waals surface area contributed by atoms with Gasteiger partial charge in [0, 0.05) is 30.8 Å². The van der Waals surface area contributed by atoms with Crippen LogP contribution in [0.15, 0.2) is 22.9 Å². The molecule has 1 aliphatic heterocycles. The summed E-state index contributed by atoms with van der Waals surface area (Å²) in [5.41, 5.74) is 0.698. The van der Waals surface area contributed by atoms with Gasteiger partial charge < -0.3 is 14.2 Å². The van der Waals surface area contributed by atoms with Crippen LogP contribution in [-0.2, 0) is 4.74 Å². The molecule has 0 aromatic carbocycles. The fourth-order valence-corrected chi connectivity index (χ4v) is 4.27. The van der Waals surface area contributed by atoms with Crippen LogP contribution in [0, 0.1) is 0 Å². The molecule has 1 saturated heterocycles. The van der Waals surface area contributed by atoms with Crippen LogP contribution >= 0.6 is 0 Å². The number of hydrogen-bond acceptors (Lipinski definition) is 6. The lowest BCUT2D eigenvalue weighted by atomic mass is 9.94. The van der Waals surface area contributed by atoms with Crippen molar-refractivity contribution in [2.24, 2.45) is 0 Å². The van der Waals surface area contributed by atoms with Crippen LogP contribution in [0.4, 0.5) is 5.82 Å². The molecule has 2 fully saturated rings. The smallest absolute Gasteiger partial charge is 0.258 e. The van der Waals surface area contributed by atoms with Gasteiger partial charge in [-0.2, -0.15) is 4.98 Å². The zero-order valence-electron chi connectivity index (χ0n) is 16.2. The molecule has 0 amide bonds. The predicted octanol–water partition coefficient (Wildman–Crippen LogP) is 4.18. The Morgan fingerprint density at radius 2 is 1.92 bits per heavy atom. The fourth-order valence-electron chi connectivity index (χ4n) is 4.27. The second kappa shape index (κ2) is 6.34. The molecule has 0 bridgehead atoms. The van der Waals surface area contributed by atoms with E-state index in [1.165, 1.54) is 12.8 Å². The second-order valence-corrected chi connectivity index (χ2v) is 8.62. The molecule has 2 aromatic heterocycles. The summed E-state index contributed by atoms with van der Waals surface area (Å²) in [6.07, 6.45) is 6.59. The fraction of sp³-hybridized carbons (Fsp3) is 0.650. The van der Waals surface area contributed by atoms with Gasteiger partial charge >= 0.3 is 0 Å². The van der Waals surface area contributed by atoms with Crippen LogP contribution < -0.4 is 4.90 Å². The maximum absolute atomic E-state index is 6.51. The van der Waals surface area contributed by atoms with E-state index in [-0.39, 0.29) is 17.1 Å². The van der Waals surface area contributed by atoms with E-state index >= 15 is 0 Å². The van der Waals surface area contributed by atoms with Crippen LogP contribution in [0.2, 0.25) is 0 Å². The van der Waals surface area contributed by atoms with Crippen LogP contribution in [0.5, 0.6) is 0 Å². The first-order valence-corrected chi connectivity index (χ1v) is 9.61. The van der Waals surface area contributed by atoms with E-state index in [2.05, 4.69) is 53.8 Å². The Morgan fingerprint density at radius 3 is 2.62 bits per heavy atom. The topological polar surface area (TPSA) is 64.3 Å². The molecule has 0 atom stereocenters. The summed E-state index contributed by atoms with van der Waals surface area (Å²) in [7, 11) is 0. The lowest BCUT2D eigenvalue weighted by Crippen LogP contribution is -2.59. The van der Waals surface area contributed by atoms with Gasteiger partial charge in [0.1, 0.15) is 5.82 Å². The van der Waals surface area contributed by atoms with Crippen molar-refractivity contribution in [2.75, 3.05) is 18.0 Å². The number of nitrogens with zero attached hydrogens (tertiary/aromatic N) is 4. The van der Waals surface area contributed by atoms with Gasteiger partial charge in [0.2, 0.25) is 0 Å².